The molecular weight excluding hydrogens is 316 g/mol. The molecule has 0 bridgehead atoms. The molecular formula is C21H24O4. The van der Waals surface area contributed by atoms with Crippen LogP contribution in [-0.2, 0) is 4.79 Å². The number of benzene rings is 2. The smallest absolute Gasteiger partial charge is 0.336 e. The summed E-state index contributed by atoms with van der Waals surface area (Å²) in [6.45, 7) is 4.32. The minimum atomic E-state index is -0.425. The molecule has 2 aromatic rings. The summed E-state index contributed by atoms with van der Waals surface area (Å²) >= 11 is 0. The van der Waals surface area contributed by atoms with E-state index in [0.29, 0.717) is 23.2 Å². The van der Waals surface area contributed by atoms with Crippen molar-refractivity contribution in [2.45, 2.75) is 26.2 Å². The van der Waals surface area contributed by atoms with Crippen LogP contribution in [0.2, 0.25) is 0 Å². The highest BCUT2D eigenvalue weighted by atomic mass is 16.5. The van der Waals surface area contributed by atoms with E-state index in [-0.39, 0.29) is 0 Å². The number of rotatable bonds is 7. The second-order valence-electron chi connectivity index (χ2n) is 5.75. The molecule has 0 aliphatic carbocycles. The van der Waals surface area contributed by atoms with Crippen LogP contribution < -0.4 is 14.2 Å². The summed E-state index contributed by atoms with van der Waals surface area (Å²) in [6, 6.07) is 13.1. The number of carbonyl (C=O) groups is 1. The monoisotopic (exact) mass is 340 g/mol. The standard InChI is InChI=1S/C21H24O4/c1-5-15(2)17-8-10-18(11-9-17)25-21(22)13-7-16-6-12-19(23-3)20(14-16)24-4/h6-15H,5H2,1-4H3/b13-7+/t15-/m0/s1. The predicted octanol–water partition coefficient (Wildman–Crippen LogP) is 4.84. The lowest BCUT2D eigenvalue weighted by Crippen LogP contribution is -2.03. The second kappa shape index (κ2) is 8.92. The van der Waals surface area contributed by atoms with Crippen molar-refractivity contribution < 1.29 is 19.0 Å². The zero-order valence-corrected chi connectivity index (χ0v) is 15.1. The van der Waals surface area contributed by atoms with Gasteiger partial charge in [0.05, 0.1) is 14.2 Å². The van der Waals surface area contributed by atoms with Gasteiger partial charge in [0, 0.05) is 6.08 Å². The Morgan fingerprint density at radius 2 is 1.72 bits per heavy atom. The van der Waals surface area contributed by atoms with Crippen molar-refractivity contribution in [3.05, 3.63) is 59.7 Å². The van der Waals surface area contributed by atoms with Gasteiger partial charge in [-0.15, -0.1) is 0 Å². The topological polar surface area (TPSA) is 44.8 Å². The highest BCUT2D eigenvalue weighted by Crippen LogP contribution is 2.28. The maximum atomic E-state index is 12.0. The first-order valence-electron chi connectivity index (χ1n) is 8.29. The van der Waals surface area contributed by atoms with Crippen LogP contribution in [0.25, 0.3) is 6.08 Å². The fourth-order valence-corrected chi connectivity index (χ4v) is 2.37. The largest absolute Gasteiger partial charge is 0.493 e. The number of hydrogen-bond acceptors (Lipinski definition) is 4. The van der Waals surface area contributed by atoms with E-state index in [2.05, 4.69) is 13.8 Å². The summed E-state index contributed by atoms with van der Waals surface area (Å²) in [5, 5.41) is 0. The molecule has 0 spiro atoms. The van der Waals surface area contributed by atoms with E-state index in [9.17, 15) is 4.79 Å². The van der Waals surface area contributed by atoms with Crippen LogP contribution in [0.4, 0.5) is 0 Å². The molecule has 2 rings (SSSR count). The molecule has 0 saturated carbocycles. The van der Waals surface area contributed by atoms with Gasteiger partial charge in [0.2, 0.25) is 0 Å². The lowest BCUT2D eigenvalue weighted by Gasteiger charge is -2.09. The van der Waals surface area contributed by atoms with E-state index in [1.807, 2.05) is 30.3 Å². The lowest BCUT2D eigenvalue weighted by atomic mass is 9.99. The van der Waals surface area contributed by atoms with Crippen molar-refractivity contribution >= 4 is 12.0 Å². The Morgan fingerprint density at radius 1 is 1.04 bits per heavy atom. The Morgan fingerprint density at radius 3 is 2.32 bits per heavy atom. The first-order valence-corrected chi connectivity index (χ1v) is 8.29. The van der Waals surface area contributed by atoms with Crippen molar-refractivity contribution in [2.24, 2.45) is 0 Å². The molecule has 4 heteroatoms. The van der Waals surface area contributed by atoms with Crippen LogP contribution in [0.3, 0.4) is 0 Å². The Kier molecular flexibility index (Phi) is 6.63. The molecule has 0 heterocycles. The molecule has 25 heavy (non-hydrogen) atoms. The fraction of sp³-hybridized carbons (Fsp3) is 0.286. The summed E-state index contributed by atoms with van der Waals surface area (Å²) in [7, 11) is 3.15. The molecule has 0 fully saturated rings. The van der Waals surface area contributed by atoms with Crippen molar-refractivity contribution in [1.29, 1.82) is 0 Å². The zero-order valence-electron chi connectivity index (χ0n) is 15.1. The number of carbonyl (C=O) groups excluding carboxylic acids is 1. The van der Waals surface area contributed by atoms with Crippen LogP contribution in [0, 0.1) is 0 Å². The normalized spacial score (nSPS) is 12.0. The molecule has 0 saturated heterocycles. The summed E-state index contributed by atoms with van der Waals surface area (Å²) in [6.07, 6.45) is 4.15. The SMILES string of the molecule is CC[C@H](C)c1ccc(OC(=O)/C=C/c2ccc(OC)c(OC)c2)cc1. The molecule has 0 amide bonds. The van der Waals surface area contributed by atoms with Crippen molar-refractivity contribution in [3.8, 4) is 17.2 Å². The van der Waals surface area contributed by atoms with Crippen molar-refractivity contribution in [1.82, 2.24) is 0 Å². The van der Waals surface area contributed by atoms with E-state index in [1.54, 1.807) is 32.4 Å². The lowest BCUT2D eigenvalue weighted by molar-refractivity contribution is -0.128. The molecule has 0 N–H and O–H groups in total. The summed E-state index contributed by atoms with van der Waals surface area (Å²) < 4.78 is 15.8. The van der Waals surface area contributed by atoms with Crippen molar-refractivity contribution in [2.75, 3.05) is 14.2 Å². The molecule has 1 atom stereocenters. The van der Waals surface area contributed by atoms with Crippen LogP contribution in [0.1, 0.15) is 37.3 Å². The molecule has 0 aromatic heterocycles. The highest BCUT2D eigenvalue weighted by molar-refractivity contribution is 5.88. The maximum absolute atomic E-state index is 12.0. The number of ether oxygens (including phenoxy) is 3. The Bertz CT molecular complexity index is 732. The molecule has 0 unspecified atom stereocenters. The van der Waals surface area contributed by atoms with E-state index >= 15 is 0 Å². The summed E-state index contributed by atoms with van der Waals surface area (Å²) in [4.78, 5) is 12.0. The fourth-order valence-electron chi connectivity index (χ4n) is 2.37. The number of methoxy groups -OCH3 is 2. The molecule has 132 valence electrons. The quantitative estimate of drug-likeness (QED) is 0.411. The van der Waals surface area contributed by atoms with Crippen LogP contribution in [0.15, 0.2) is 48.5 Å². The van der Waals surface area contributed by atoms with Gasteiger partial charge < -0.3 is 14.2 Å². The first-order chi connectivity index (χ1) is 12.1. The van der Waals surface area contributed by atoms with E-state index in [1.165, 1.54) is 11.6 Å². The van der Waals surface area contributed by atoms with E-state index in [4.69, 9.17) is 14.2 Å². The van der Waals surface area contributed by atoms with Crippen LogP contribution in [-0.4, -0.2) is 20.2 Å². The third-order valence-corrected chi connectivity index (χ3v) is 4.10. The third kappa shape index (κ3) is 5.11. The van der Waals surface area contributed by atoms with Gasteiger partial charge in [-0.3, -0.25) is 0 Å². The van der Waals surface area contributed by atoms with Gasteiger partial charge in [-0.1, -0.05) is 32.0 Å². The van der Waals surface area contributed by atoms with E-state index in [0.717, 1.165) is 12.0 Å². The molecule has 0 aliphatic rings. The van der Waals surface area contributed by atoms with Gasteiger partial charge in [0.15, 0.2) is 11.5 Å². The van der Waals surface area contributed by atoms with Crippen LogP contribution in [0.5, 0.6) is 17.2 Å². The van der Waals surface area contributed by atoms with Gasteiger partial charge in [0.1, 0.15) is 5.75 Å². The number of esters is 1. The van der Waals surface area contributed by atoms with Gasteiger partial charge in [-0.2, -0.15) is 0 Å². The first kappa shape index (κ1) is 18.6. The van der Waals surface area contributed by atoms with Crippen LogP contribution >= 0.6 is 0 Å². The average Bonchev–Trinajstić information content (AvgIpc) is 2.66. The summed E-state index contributed by atoms with van der Waals surface area (Å²) in [5.74, 6) is 1.86. The summed E-state index contributed by atoms with van der Waals surface area (Å²) in [5.41, 5.74) is 2.06. The second-order valence-corrected chi connectivity index (χ2v) is 5.75. The number of hydrogen-bond donors (Lipinski definition) is 0. The third-order valence-electron chi connectivity index (χ3n) is 4.10. The van der Waals surface area contributed by atoms with Gasteiger partial charge in [-0.25, -0.2) is 4.79 Å². The minimum absolute atomic E-state index is 0.425. The van der Waals surface area contributed by atoms with Gasteiger partial charge in [-0.05, 0) is 53.8 Å². The molecule has 2 aromatic carbocycles. The Labute approximate surface area is 149 Å². The molecule has 0 radical (unpaired) electrons. The highest BCUT2D eigenvalue weighted by Gasteiger charge is 2.06. The van der Waals surface area contributed by atoms with Crippen molar-refractivity contribution in [3.63, 3.8) is 0 Å². The molecule has 4 nitrogen and oxygen atoms in total. The zero-order chi connectivity index (χ0) is 18.2. The maximum Gasteiger partial charge on any atom is 0.336 e. The minimum Gasteiger partial charge on any atom is -0.493 e. The molecule has 0 aliphatic heterocycles. The van der Waals surface area contributed by atoms with Gasteiger partial charge in [0.25, 0.3) is 0 Å². The van der Waals surface area contributed by atoms with Gasteiger partial charge >= 0.3 is 5.97 Å². The predicted molar refractivity (Wildman–Crippen MR) is 99.4 cm³/mol. The average molecular weight is 340 g/mol. The Hall–Kier alpha value is -2.75. The van der Waals surface area contributed by atoms with E-state index < -0.39 is 5.97 Å². The Balaban J connectivity index is 2.01.